The van der Waals surface area contributed by atoms with Crippen molar-refractivity contribution >= 4 is 23.3 Å². The molecular formula is C52H88N2Ni. The Kier molecular flexibility index (Phi) is 34.1. The van der Waals surface area contributed by atoms with Gasteiger partial charge in [-0.2, -0.15) is 0 Å². The summed E-state index contributed by atoms with van der Waals surface area (Å²) in [5.74, 6) is 0. The van der Waals surface area contributed by atoms with Crippen LogP contribution in [0.25, 0.3) is 0 Å². The molecule has 0 aliphatic carbocycles. The van der Waals surface area contributed by atoms with E-state index in [0.717, 1.165) is 49.2 Å². The molecule has 0 aliphatic rings. The average Bonchev–Trinajstić information content (AvgIpc) is 3.17. The summed E-state index contributed by atoms with van der Waals surface area (Å²) < 4.78 is 0. The van der Waals surface area contributed by atoms with E-state index in [1.807, 2.05) is 0 Å². The Bertz CT molecular complexity index is 1170. The van der Waals surface area contributed by atoms with E-state index in [-0.39, 0.29) is 16.5 Å². The van der Waals surface area contributed by atoms with Crippen LogP contribution in [0.4, 0.5) is 11.4 Å². The molecule has 0 saturated heterocycles. The van der Waals surface area contributed by atoms with Gasteiger partial charge in [-0.3, -0.25) is 9.98 Å². The van der Waals surface area contributed by atoms with Crippen molar-refractivity contribution < 1.29 is 16.5 Å². The van der Waals surface area contributed by atoms with Crippen LogP contribution in [0.3, 0.4) is 0 Å². The van der Waals surface area contributed by atoms with Gasteiger partial charge in [0.1, 0.15) is 0 Å². The van der Waals surface area contributed by atoms with Crippen LogP contribution in [-0.2, 0) is 42.2 Å². The molecule has 3 heteroatoms. The molecule has 0 spiro atoms. The maximum absolute atomic E-state index is 5.39. The van der Waals surface area contributed by atoms with Gasteiger partial charge in [0, 0.05) is 22.7 Å². The minimum atomic E-state index is 0. The first-order chi connectivity index (χ1) is 26.6. The molecule has 2 aromatic rings. The molecule has 0 heterocycles. The van der Waals surface area contributed by atoms with Crippen molar-refractivity contribution in [2.24, 2.45) is 9.98 Å². The number of nitrogens with zero attached hydrogens (tertiary/aromatic N) is 2. The fourth-order valence-corrected chi connectivity index (χ4v) is 7.84. The second-order valence-electron chi connectivity index (χ2n) is 16.8. The van der Waals surface area contributed by atoms with Gasteiger partial charge in [-0.15, -0.1) is 0 Å². The molecule has 0 radical (unpaired) electrons. The second-order valence-corrected chi connectivity index (χ2v) is 16.8. The molecule has 0 bridgehead atoms. The van der Waals surface area contributed by atoms with E-state index < -0.39 is 0 Å². The van der Waals surface area contributed by atoms with Gasteiger partial charge in [0.05, 0.1) is 17.1 Å². The van der Waals surface area contributed by atoms with Crippen molar-refractivity contribution in [1.82, 2.24) is 0 Å². The Balaban J connectivity index is 0.0000151. The minimum Gasteiger partial charge on any atom is -0.255 e. The quantitative estimate of drug-likeness (QED) is 0.0373. The predicted molar refractivity (Wildman–Crippen MR) is 245 cm³/mol. The van der Waals surface area contributed by atoms with Crippen LogP contribution in [-0.4, -0.2) is 11.9 Å². The van der Waals surface area contributed by atoms with Crippen LogP contribution in [0.5, 0.6) is 0 Å². The maximum atomic E-state index is 5.39. The third-order valence-corrected chi connectivity index (χ3v) is 11.3. The summed E-state index contributed by atoms with van der Waals surface area (Å²) in [5, 5.41) is 0. The SMILES string of the molecule is CCCCCCCCCCCCCCCCCCC(/C=N/c1cc(CCCCC)cc(CCCCC)c1)=N\c1cc(CCCCC)cc(CCCCC)c1.[Ni]. The summed E-state index contributed by atoms with van der Waals surface area (Å²) in [6, 6.07) is 14.4. The zero-order chi connectivity index (χ0) is 38.7. The number of benzene rings is 2. The molecule has 55 heavy (non-hydrogen) atoms. The van der Waals surface area contributed by atoms with Gasteiger partial charge in [-0.1, -0.05) is 194 Å². The number of aliphatic imine (C=N–C) groups is 2. The first kappa shape index (κ1) is 51.3. The summed E-state index contributed by atoms with van der Waals surface area (Å²) in [5.41, 5.74) is 9.24. The first-order valence-corrected chi connectivity index (χ1v) is 24.0. The molecule has 0 aromatic heterocycles. The Hall–Kier alpha value is -1.73. The molecule has 0 fully saturated rings. The van der Waals surface area contributed by atoms with E-state index in [1.54, 1.807) is 0 Å². The van der Waals surface area contributed by atoms with Crippen LogP contribution in [0.2, 0.25) is 0 Å². The van der Waals surface area contributed by atoms with Crippen molar-refractivity contribution in [3.8, 4) is 0 Å². The summed E-state index contributed by atoms with van der Waals surface area (Å²) >= 11 is 0. The number of unbranched alkanes of at least 4 members (excludes halogenated alkanes) is 23. The third-order valence-electron chi connectivity index (χ3n) is 11.3. The van der Waals surface area contributed by atoms with Crippen LogP contribution >= 0.6 is 0 Å². The zero-order valence-electron chi connectivity index (χ0n) is 37.1. The van der Waals surface area contributed by atoms with Gasteiger partial charge in [-0.25, -0.2) is 0 Å². The Morgan fingerprint density at radius 2 is 0.655 bits per heavy atom. The number of aryl methyl sites for hydroxylation is 4. The summed E-state index contributed by atoms with van der Waals surface area (Å²) in [7, 11) is 0. The van der Waals surface area contributed by atoms with Crippen molar-refractivity contribution in [3.05, 3.63) is 58.7 Å². The molecule has 0 saturated carbocycles. The molecule has 316 valence electrons. The van der Waals surface area contributed by atoms with Gasteiger partial charge in [0.2, 0.25) is 0 Å². The molecule has 0 atom stereocenters. The zero-order valence-corrected chi connectivity index (χ0v) is 38.1. The Morgan fingerprint density at radius 3 is 1.00 bits per heavy atom. The number of rotatable bonds is 36. The van der Waals surface area contributed by atoms with Crippen molar-refractivity contribution in [2.45, 2.75) is 247 Å². The van der Waals surface area contributed by atoms with Crippen LogP contribution in [0, 0.1) is 0 Å². The third kappa shape index (κ3) is 27.5. The fourth-order valence-electron chi connectivity index (χ4n) is 7.84. The normalized spacial score (nSPS) is 11.8. The monoisotopic (exact) mass is 799 g/mol. The molecule has 2 aromatic carbocycles. The second kappa shape index (κ2) is 36.6. The standard InChI is InChI=1S/C52H88N2.Ni/c1-6-11-16-17-18-19-20-21-22-23-24-25-26-27-28-33-38-50(54-52-43-48(36-31-14-9-4)40-49(44-52)37-32-15-10-5)45-53-51-41-46(34-29-12-7-2)39-47(42-51)35-30-13-8-3;/h39-45H,6-38H2,1-5H3;/b53-45+,54-50+;. The van der Waals surface area contributed by atoms with Crippen molar-refractivity contribution in [1.29, 1.82) is 0 Å². The van der Waals surface area contributed by atoms with E-state index in [0.29, 0.717) is 0 Å². The van der Waals surface area contributed by atoms with Gasteiger partial charge in [-0.05, 0) is 111 Å². The van der Waals surface area contributed by atoms with Gasteiger partial charge in [0.15, 0.2) is 0 Å². The molecule has 0 unspecified atom stereocenters. The van der Waals surface area contributed by atoms with E-state index in [9.17, 15) is 0 Å². The molecule has 2 nitrogen and oxygen atoms in total. The van der Waals surface area contributed by atoms with Crippen molar-refractivity contribution in [3.63, 3.8) is 0 Å². The van der Waals surface area contributed by atoms with Crippen LogP contribution in [0.15, 0.2) is 46.4 Å². The molecular weight excluding hydrogens is 711 g/mol. The van der Waals surface area contributed by atoms with E-state index in [1.165, 1.54) is 202 Å². The molecule has 0 N–H and O–H groups in total. The van der Waals surface area contributed by atoms with Gasteiger partial charge in [0.25, 0.3) is 0 Å². The Morgan fingerprint density at radius 1 is 0.364 bits per heavy atom. The summed E-state index contributed by atoms with van der Waals surface area (Å²) in [6.07, 6.45) is 45.5. The molecule has 2 rings (SSSR count). The van der Waals surface area contributed by atoms with E-state index in [2.05, 4.69) is 77.2 Å². The first-order valence-electron chi connectivity index (χ1n) is 24.0. The minimum absolute atomic E-state index is 0. The van der Waals surface area contributed by atoms with E-state index in [4.69, 9.17) is 9.98 Å². The number of hydrogen-bond donors (Lipinski definition) is 0. The maximum Gasteiger partial charge on any atom is 0.0639 e. The predicted octanol–water partition coefficient (Wildman–Crippen LogP) is 17.7. The topological polar surface area (TPSA) is 24.7 Å². The Labute approximate surface area is 353 Å². The van der Waals surface area contributed by atoms with Gasteiger partial charge < -0.3 is 0 Å². The fraction of sp³-hybridized carbons (Fsp3) is 0.731. The van der Waals surface area contributed by atoms with Crippen LogP contribution in [0.1, 0.15) is 243 Å². The smallest absolute Gasteiger partial charge is 0.0639 e. The average molecular weight is 800 g/mol. The molecule has 0 amide bonds. The van der Waals surface area contributed by atoms with Gasteiger partial charge >= 0.3 is 0 Å². The number of hydrogen-bond acceptors (Lipinski definition) is 2. The van der Waals surface area contributed by atoms with E-state index >= 15 is 0 Å². The van der Waals surface area contributed by atoms with Crippen molar-refractivity contribution in [2.75, 3.05) is 0 Å². The summed E-state index contributed by atoms with van der Waals surface area (Å²) in [4.78, 5) is 10.6. The molecule has 0 aliphatic heterocycles. The largest absolute Gasteiger partial charge is 0.255 e. The van der Waals surface area contributed by atoms with Crippen LogP contribution < -0.4 is 0 Å². The summed E-state index contributed by atoms with van der Waals surface area (Å²) in [6.45, 7) is 11.5.